The number of aliphatic hydroxyl groups is 2. The Kier molecular flexibility index (Phi) is 41.7. The first-order chi connectivity index (χ1) is 26.0. The molecular formula is C47H89NO5. The summed E-state index contributed by atoms with van der Waals surface area (Å²) in [5.74, 6) is -0.0863. The summed E-state index contributed by atoms with van der Waals surface area (Å²) < 4.78 is 5.44. The van der Waals surface area contributed by atoms with E-state index in [0.717, 1.165) is 70.6 Å². The third-order valence-corrected chi connectivity index (χ3v) is 10.5. The Morgan fingerprint density at radius 2 is 0.943 bits per heavy atom. The lowest BCUT2D eigenvalue weighted by atomic mass is 10.0. The highest BCUT2D eigenvalue weighted by atomic mass is 16.5. The maximum Gasteiger partial charge on any atom is 0.305 e. The molecule has 2 atom stereocenters. The third kappa shape index (κ3) is 39.8. The van der Waals surface area contributed by atoms with E-state index in [4.69, 9.17) is 4.74 Å². The van der Waals surface area contributed by atoms with Gasteiger partial charge in [-0.3, -0.25) is 9.59 Å². The largest absolute Gasteiger partial charge is 0.466 e. The summed E-state index contributed by atoms with van der Waals surface area (Å²) in [4.78, 5) is 24.4. The molecule has 0 saturated carbocycles. The van der Waals surface area contributed by atoms with E-state index in [9.17, 15) is 19.8 Å². The second-order valence-corrected chi connectivity index (χ2v) is 15.7. The van der Waals surface area contributed by atoms with Gasteiger partial charge in [-0.1, -0.05) is 192 Å². The highest BCUT2D eigenvalue weighted by molar-refractivity contribution is 5.76. The van der Waals surface area contributed by atoms with Crippen molar-refractivity contribution in [3.63, 3.8) is 0 Å². The van der Waals surface area contributed by atoms with Crippen LogP contribution in [0, 0.1) is 0 Å². The SMILES string of the molecule is CCCCCC/C=C\C/C=C\CCCCCCCC(=O)OCCCCCCCCCCCCCC(=O)NC(CO)C(O)CCCCCCCCCCC. The van der Waals surface area contributed by atoms with Crippen molar-refractivity contribution >= 4 is 11.9 Å². The Morgan fingerprint density at radius 3 is 1.45 bits per heavy atom. The molecule has 0 aromatic rings. The van der Waals surface area contributed by atoms with Gasteiger partial charge >= 0.3 is 5.97 Å². The van der Waals surface area contributed by atoms with Gasteiger partial charge in [0.05, 0.1) is 25.4 Å². The summed E-state index contributed by atoms with van der Waals surface area (Å²) in [5.41, 5.74) is 0. The summed E-state index contributed by atoms with van der Waals surface area (Å²) in [5, 5.41) is 23.0. The van der Waals surface area contributed by atoms with Gasteiger partial charge in [-0.05, 0) is 57.8 Å². The first-order valence-electron chi connectivity index (χ1n) is 23.1. The molecule has 0 aliphatic heterocycles. The fourth-order valence-electron chi connectivity index (χ4n) is 6.90. The van der Waals surface area contributed by atoms with Crippen LogP contribution < -0.4 is 5.32 Å². The lowest BCUT2D eigenvalue weighted by Gasteiger charge is -2.22. The van der Waals surface area contributed by atoms with Crippen LogP contribution in [0.15, 0.2) is 24.3 Å². The van der Waals surface area contributed by atoms with Gasteiger partial charge in [0.15, 0.2) is 0 Å². The Labute approximate surface area is 329 Å². The van der Waals surface area contributed by atoms with E-state index in [1.807, 2.05) is 0 Å². The predicted octanol–water partition coefficient (Wildman–Crippen LogP) is 13.2. The third-order valence-electron chi connectivity index (χ3n) is 10.5. The standard InChI is InChI=1S/C47H89NO5/c1-3-5-7-9-11-13-14-15-16-17-18-21-25-29-33-37-41-47(52)53-42-38-34-30-26-22-19-20-24-28-32-36-40-46(51)48-44(43-49)45(50)39-35-31-27-23-12-10-8-6-4-2/h13-14,16-17,44-45,49-50H,3-12,15,18-43H2,1-2H3,(H,48,51)/b14-13-,17-16-. The highest BCUT2D eigenvalue weighted by Gasteiger charge is 2.20. The number of carbonyl (C=O) groups is 2. The van der Waals surface area contributed by atoms with E-state index >= 15 is 0 Å². The molecule has 6 heteroatoms. The number of hydrogen-bond acceptors (Lipinski definition) is 5. The molecule has 0 aromatic heterocycles. The summed E-state index contributed by atoms with van der Waals surface area (Å²) >= 11 is 0. The minimum Gasteiger partial charge on any atom is -0.466 e. The van der Waals surface area contributed by atoms with Gasteiger partial charge in [-0.2, -0.15) is 0 Å². The fourth-order valence-corrected chi connectivity index (χ4v) is 6.90. The maximum absolute atomic E-state index is 12.4. The van der Waals surface area contributed by atoms with E-state index in [2.05, 4.69) is 43.5 Å². The van der Waals surface area contributed by atoms with E-state index in [1.165, 1.54) is 135 Å². The van der Waals surface area contributed by atoms with Crippen LogP contribution in [-0.4, -0.2) is 47.4 Å². The van der Waals surface area contributed by atoms with Crippen molar-refractivity contribution in [2.75, 3.05) is 13.2 Å². The molecular weight excluding hydrogens is 659 g/mol. The normalized spacial score (nSPS) is 12.9. The average molecular weight is 748 g/mol. The van der Waals surface area contributed by atoms with Gasteiger partial charge < -0.3 is 20.3 Å². The van der Waals surface area contributed by atoms with E-state index in [1.54, 1.807) is 0 Å². The van der Waals surface area contributed by atoms with Gasteiger partial charge in [0.25, 0.3) is 0 Å². The molecule has 6 nitrogen and oxygen atoms in total. The highest BCUT2D eigenvalue weighted by Crippen LogP contribution is 2.15. The number of aliphatic hydroxyl groups excluding tert-OH is 2. The molecule has 0 radical (unpaired) electrons. The van der Waals surface area contributed by atoms with Crippen LogP contribution in [0.4, 0.5) is 0 Å². The van der Waals surface area contributed by atoms with Crippen molar-refractivity contribution in [3.05, 3.63) is 24.3 Å². The van der Waals surface area contributed by atoms with Crippen molar-refractivity contribution < 1.29 is 24.5 Å². The Morgan fingerprint density at radius 1 is 0.528 bits per heavy atom. The Hall–Kier alpha value is -1.66. The molecule has 312 valence electrons. The van der Waals surface area contributed by atoms with Gasteiger partial charge in [-0.15, -0.1) is 0 Å². The molecule has 0 saturated heterocycles. The van der Waals surface area contributed by atoms with Crippen LogP contribution in [0.5, 0.6) is 0 Å². The molecule has 1 amide bonds. The van der Waals surface area contributed by atoms with Gasteiger partial charge in [-0.25, -0.2) is 0 Å². The number of hydrogen-bond donors (Lipinski definition) is 3. The Bertz CT molecular complexity index is 828. The number of nitrogens with one attached hydrogen (secondary N) is 1. The lowest BCUT2D eigenvalue weighted by molar-refractivity contribution is -0.143. The molecule has 0 aromatic carbocycles. The number of allylic oxidation sites excluding steroid dienone is 4. The second kappa shape index (κ2) is 43.1. The molecule has 0 spiro atoms. The number of ether oxygens (including phenoxy) is 1. The van der Waals surface area contributed by atoms with Crippen LogP contribution in [0.1, 0.15) is 239 Å². The lowest BCUT2D eigenvalue weighted by Crippen LogP contribution is -2.45. The molecule has 0 bridgehead atoms. The first kappa shape index (κ1) is 51.3. The summed E-state index contributed by atoms with van der Waals surface area (Å²) in [6.07, 6.45) is 48.5. The van der Waals surface area contributed by atoms with Crippen molar-refractivity contribution in [2.45, 2.75) is 251 Å². The number of esters is 1. The number of carbonyl (C=O) groups excluding carboxylic acids is 2. The minimum atomic E-state index is -0.674. The second-order valence-electron chi connectivity index (χ2n) is 15.7. The molecule has 0 aliphatic carbocycles. The van der Waals surface area contributed by atoms with Crippen molar-refractivity contribution in [1.82, 2.24) is 5.32 Å². The smallest absolute Gasteiger partial charge is 0.305 e. The maximum atomic E-state index is 12.4. The van der Waals surface area contributed by atoms with Crippen LogP contribution in [0.3, 0.4) is 0 Å². The van der Waals surface area contributed by atoms with Gasteiger partial charge in [0, 0.05) is 12.8 Å². The van der Waals surface area contributed by atoms with Crippen molar-refractivity contribution in [1.29, 1.82) is 0 Å². The van der Waals surface area contributed by atoms with Crippen LogP contribution in [-0.2, 0) is 14.3 Å². The molecule has 0 heterocycles. The minimum absolute atomic E-state index is 0.0280. The number of rotatable bonds is 42. The van der Waals surface area contributed by atoms with E-state index in [-0.39, 0.29) is 18.5 Å². The monoisotopic (exact) mass is 748 g/mol. The topological polar surface area (TPSA) is 95.9 Å². The van der Waals surface area contributed by atoms with Crippen LogP contribution >= 0.6 is 0 Å². The molecule has 2 unspecified atom stereocenters. The summed E-state index contributed by atoms with van der Waals surface area (Å²) in [6, 6.07) is -0.554. The molecule has 3 N–H and O–H groups in total. The van der Waals surface area contributed by atoms with Crippen LogP contribution in [0.2, 0.25) is 0 Å². The van der Waals surface area contributed by atoms with Crippen LogP contribution in [0.25, 0.3) is 0 Å². The predicted molar refractivity (Wildman–Crippen MR) is 227 cm³/mol. The quantitative estimate of drug-likeness (QED) is 0.0328. The summed E-state index contributed by atoms with van der Waals surface area (Å²) in [6.45, 7) is 4.85. The van der Waals surface area contributed by atoms with E-state index in [0.29, 0.717) is 25.9 Å². The number of amides is 1. The van der Waals surface area contributed by atoms with Crippen molar-refractivity contribution in [3.8, 4) is 0 Å². The zero-order valence-corrected chi connectivity index (χ0v) is 35.2. The molecule has 53 heavy (non-hydrogen) atoms. The van der Waals surface area contributed by atoms with Crippen molar-refractivity contribution in [2.24, 2.45) is 0 Å². The average Bonchev–Trinajstić information content (AvgIpc) is 3.16. The Balaban J connectivity index is 3.47. The number of unbranched alkanes of at least 4 members (excludes halogenated alkanes) is 27. The van der Waals surface area contributed by atoms with Gasteiger partial charge in [0.1, 0.15) is 0 Å². The molecule has 0 rings (SSSR count). The summed E-state index contributed by atoms with van der Waals surface area (Å²) in [7, 11) is 0. The zero-order chi connectivity index (χ0) is 38.7. The molecule has 0 aliphatic rings. The zero-order valence-electron chi connectivity index (χ0n) is 35.2. The first-order valence-corrected chi connectivity index (χ1v) is 23.1. The van der Waals surface area contributed by atoms with E-state index < -0.39 is 12.1 Å². The van der Waals surface area contributed by atoms with Gasteiger partial charge in [0.2, 0.25) is 5.91 Å². The fraction of sp³-hybridized carbons (Fsp3) is 0.872. The molecule has 0 fully saturated rings.